The van der Waals surface area contributed by atoms with E-state index >= 15 is 0 Å². The van der Waals surface area contributed by atoms with Crippen LogP contribution in [0, 0.1) is 0 Å². The fraction of sp³-hybridized carbons (Fsp3) is 0.522. The molecule has 0 aliphatic rings. The smallest absolute Gasteiger partial charge is 0.417 e. The number of anilines is 1. The quantitative estimate of drug-likeness (QED) is 0.401. The number of amides is 2. The van der Waals surface area contributed by atoms with Crippen molar-refractivity contribution in [2.45, 2.75) is 77.9 Å². The van der Waals surface area contributed by atoms with Gasteiger partial charge >= 0.3 is 18.4 Å². The summed E-state index contributed by atoms with van der Waals surface area (Å²) in [5.41, 5.74) is -2.15. The molecule has 2 amide bonds. The molecule has 0 fully saturated rings. The summed E-state index contributed by atoms with van der Waals surface area (Å²) in [6.45, 7) is 11.8. The van der Waals surface area contributed by atoms with Crippen LogP contribution >= 0.6 is 27.3 Å². The zero-order chi connectivity index (χ0) is 26.8. The Morgan fingerprint density at radius 3 is 2.00 bits per heavy atom. The third-order valence-electron chi connectivity index (χ3n) is 4.34. The number of carbonyl (C=O) groups is 2. The molecule has 194 valence electrons. The maximum atomic E-state index is 13.4. The molecule has 2 atom stereocenters. The van der Waals surface area contributed by atoms with Gasteiger partial charge in [-0.05, 0) is 82.1 Å². The van der Waals surface area contributed by atoms with Crippen LogP contribution in [0.4, 0.5) is 27.9 Å². The Bertz CT molecular complexity index is 1030. The second-order valence-corrected chi connectivity index (χ2v) is 12.2. The summed E-state index contributed by atoms with van der Waals surface area (Å²) in [5, 5.41) is 2.92. The molecule has 0 aliphatic carbocycles. The van der Waals surface area contributed by atoms with Crippen LogP contribution in [0.25, 0.3) is 0 Å². The summed E-state index contributed by atoms with van der Waals surface area (Å²) in [6.07, 6.45) is -4.56. The van der Waals surface area contributed by atoms with Gasteiger partial charge in [-0.1, -0.05) is 23.5 Å². The van der Waals surface area contributed by atoms with Crippen LogP contribution in [0.3, 0.4) is 0 Å². The normalized spacial score (nSPS) is 14.1. The first-order chi connectivity index (χ1) is 15.9. The van der Waals surface area contributed by atoms with Crippen LogP contribution in [-0.4, -0.2) is 34.4 Å². The van der Waals surface area contributed by atoms with Crippen molar-refractivity contribution in [2.75, 3.05) is 4.90 Å². The lowest BCUT2D eigenvalue weighted by Crippen LogP contribution is -2.49. The molecule has 2 unspecified atom stereocenters. The van der Waals surface area contributed by atoms with Gasteiger partial charge in [0.15, 0.2) is 5.13 Å². The monoisotopic (exact) mass is 579 g/mol. The van der Waals surface area contributed by atoms with E-state index in [2.05, 4.69) is 26.2 Å². The zero-order valence-electron chi connectivity index (χ0n) is 20.5. The molecular formula is C23H29BrF3N3O4S. The van der Waals surface area contributed by atoms with Gasteiger partial charge in [0, 0.05) is 0 Å². The number of nitrogens with one attached hydrogen (secondary N) is 1. The summed E-state index contributed by atoms with van der Waals surface area (Å²) in [5.74, 6) is 0. The first-order valence-electron chi connectivity index (χ1n) is 10.7. The molecular weight excluding hydrogens is 551 g/mol. The Kier molecular flexibility index (Phi) is 8.86. The van der Waals surface area contributed by atoms with Crippen LogP contribution in [0.1, 0.15) is 65.6 Å². The van der Waals surface area contributed by atoms with E-state index in [-0.39, 0.29) is 5.13 Å². The average Bonchev–Trinajstić information content (AvgIpc) is 3.07. The number of hydrogen-bond acceptors (Lipinski definition) is 6. The van der Waals surface area contributed by atoms with Gasteiger partial charge in [-0.25, -0.2) is 19.5 Å². The average molecular weight is 580 g/mol. The number of carbonyl (C=O) groups excluding carboxylic acids is 2. The summed E-state index contributed by atoms with van der Waals surface area (Å²) in [4.78, 5) is 31.4. The topological polar surface area (TPSA) is 80.8 Å². The molecule has 0 saturated heterocycles. The second kappa shape index (κ2) is 10.7. The van der Waals surface area contributed by atoms with Crippen LogP contribution in [0.15, 0.2) is 34.2 Å². The minimum absolute atomic E-state index is 0.230. The molecule has 0 spiro atoms. The predicted octanol–water partition coefficient (Wildman–Crippen LogP) is 7.32. The fourth-order valence-electron chi connectivity index (χ4n) is 3.08. The lowest BCUT2D eigenvalue weighted by Gasteiger charge is -2.36. The van der Waals surface area contributed by atoms with E-state index in [0.717, 1.165) is 23.5 Å². The van der Waals surface area contributed by atoms with E-state index in [1.807, 2.05) is 0 Å². The molecule has 2 rings (SSSR count). The Hall–Kier alpha value is -2.34. The van der Waals surface area contributed by atoms with Crippen LogP contribution in [0.5, 0.6) is 0 Å². The number of ether oxygens (including phenoxy) is 2. The molecule has 2 aromatic rings. The standard InChI is InChI=1S/C23H29BrF3N3O4S/c1-13(29-19(31)33-21(2,3)4)17(14-8-10-15(11-9-14)23(25,26)27)30(18-28-12-16(24)35-18)20(32)34-22(5,6)7/h8-13,17H,1-7H3,(H,29,31). The van der Waals surface area contributed by atoms with Gasteiger partial charge in [0.1, 0.15) is 11.2 Å². The number of rotatable bonds is 5. The van der Waals surface area contributed by atoms with E-state index in [9.17, 15) is 22.8 Å². The number of alkyl halides is 3. The third-order valence-corrected chi connectivity index (χ3v) is 5.81. The van der Waals surface area contributed by atoms with Crippen LogP contribution < -0.4 is 10.2 Å². The van der Waals surface area contributed by atoms with Gasteiger partial charge in [-0.2, -0.15) is 13.2 Å². The number of alkyl carbamates (subject to hydrolysis) is 1. The van der Waals surface area contributed by atoms with Crippen molar-refractivity contribution in [3.05, 3.63) is 45.4 Å². The zero-order valence-corrected chi connectivity index (χ0v) is 22.9. The molecule has 0 saturated carbocycles. The third kappa shape index (κ3) is 8.68. The Balaban J connectivity index is 2.59. The molecule has 1 N–H and O–H groups in total. The highest BCUT2D eigenvalue weighted by molar-refractivity contribution is 9.11. The van der Waals surface area contributed by atoms with Crippen LogP contribution in [0.2, 0.25) is 0 Å². The number of hydrogen-bond donors (Lipinski definition) is 1. The van der Waals surface area contributed by atoms with Gasteiger partial charge < -0.3 is 14.8 Å². The SMILES string of the molecule is CC(NC(=O)OC(C)(C)C)C(c1ccc(C(F)(F)F)cc1)N(C(=O)OC(C)(C)C)c1ncc(Br)s1. The van der Waals surface area contributed by atoms with Crippen LogP contribution in [-0.2, 0) is 15.7 Å². The number of aromatic nitrogens is 1. The molecule has 1 aromatic heterocycles. The minimum Gasteiger partial charge on any atom is -0.444 e. The second-order valence-electron chi connectivity index (χ2n) is 9.80. The van der Waals surface area contributed by atoms with Crippen molar-refractivity contribution >= 4 is 44.6 Å². The molecule has 12 heteroatoms. The van der Waals surface area contributed by atoms with E-state index in [1.54, 1.807) is 48.5 Å². The van der Waals surface area contributed by atoms with Crippen molar-refractivity contribution in [3.63, 3.8) is 0 Å². The summed E-state index contributed by atoms with van der Waals surface area (Å²) in [6, 6.07) is 2.59. The Morgan fingerprint density at radius 2 is 1.57 bits per heavy atom. The first-order valence-corrected chi connectivity index (χ1v) is 12.3. The van der Waals surface area contributed by atoms with E-state index in [0.29, 0.717) is 9.35 Å². The number of benzene rings is 1. The van der Waals surface area contributed by atoms with E-state index in [1.165, 1.54) is 23.2 Å². The van der Waals surface area contributed by atoms with Crippen molar-refractivity contribution in [3.8, 4) is 0 Å². The Labute approximate surface area is 215 Å². The molecule has 0 bridgehead atoms. The molecule has 0 aliphatic heterocycles. The number of thiazole rings is 1. The summed E-state index contributed by atoms with van der Waals surface area (Å²) >= 11 is 4.45. The van der Waals surface area contributed by atoms with E-state index < -0.39 is 47.2 Å². The molecule has 1 heterocycles. The van der Waals surface area contributed by atoms with Crippen molar-refractivity contribution in [1.82, 2.24) is 10.3 Å². The van der Waals surface area contributed by atoms with Gasteiger partial charge in [-0.15, -0.1) is 0 Å². The minimum atomic E-state index is -4.53. The predicted molar refractivity (Wildman–Crippen MR) is 132 cm³/mol. The van der Waals surface area contributed by atoms with E-state index in [4.69, 9.17) is 9.47 Å². The van der Waals surface area contributed by atoms with Crippen molar-refractivity contribution < 1.29 is 32.2 Å². The highest BCUT2D eigenvalue weighted by atomic mass is 79.9. The lowest BCUT2D eigenvalue weighted by atomic mass is 9.97. The highest BCUT2D eigenvalue weighted by Gasteiger charge is 2.38. The van der Waals surface area contributed by atoms with Gasteiger partial charge in [0.2, 0.25) is 0 Å². The largest absolute Gasteiger partial charge is 0.444 e. The maximum Gasteiger partial charge on any atom is 0.417 e. The highest BCUT2D eigenvalue weighted by Crippen LogP contribution is 2.37. The summed E-state index contributed by atoms with van der Waals surface area (Å²) in [7, 11) is 0. The van der Waals surface area contributed by atoms with Gasteiger partial charge in [0.25, 0.3) is 0 Å². The number of halogens is 4. The Morgan fingerprint density at radius 1 is 1.03 bits per heavy atom. The van der Waals surface area contributed by atoms with Crippen molar-refractivity contribution in [2.24, 2.45) is 0 Å². The maximum absolute atomic E-state index is 13.4. The lowest BCUT2D eigenvalue weighted by molar-refractivity contribution is -0.137. The van der Waals surface area contributed by atoms with Crippen molar-refractivity contribution in [1.29, 1.82) is 0 Å². The molecule has 1 aromatic carbocycles. The fourth-order valence-corrected chi connectivity index (χ4v) is 4.29. The van der Waals surface area contributed by atoms with Gasteiger partial charge in [0.05, 0.1) is 27.6 Å². The first kappa shape index (κ1) is 28.9. The number of nitrogens with zero attached hydrogens (tertiary/aromatic N) is 2. The molecule has 0 radical (unpaired) electrons. The molecule has 35 heavy (non-hydrogen) atoms. The summed E-state index contributed by atoms with van der Waals surface area (Å²) < 4.78 is 51.1. The molecule has 7 nitrogen and oxygen atoms in total. The van der Waals surface area contributed by atoms with Gasteiger partial charge in [-0.3, -0.25) is 0 Å².